The van der Waals surface area contributed by atoms with Crippen molar-refractivity contribution in [1.82, 2.24) is 5.32 Å². The highest BCUT2D eigenvalue weighted by molar-refractivity contribution is 5.38. The lowest BCUT2D eigenvalue weighted by Crippen LogP contribution is -2.31. The lowest BCUT2D eigenvalue weighted by Gasteiger charge is -2.20. The number of rotatable bonds is 4. The van der Waals surface area contributed by atoms with Gasteiger partial charge in [-0.1, -0.05) is 90.7 Å². The standard InChI is InChI=1S/C23H18N2/c24-18-22(17-16-19-10-4-1-5-11-19)25-23(20-12-6-2-7-13-20)21-14-8-3-9-15-21/h1-15,22-23,25H. The summed E-state index contributed by atoms with van der Waals surface area (Å²) in [4.78, 5) is 0. The first-order valence-corrected chi connectivity index (χ1v) is 8.19. The van der Waals surface area contributed by atoms with Gasteiger partial charge in [0.1, 0.15) is 0 Å². The van der Waals surface area contributed by atoms with Crippen LogP contribution in [-0.4, -0.2) is 6.04 Å². The van der Waals surface area contributed by atoms with E-state index in [4.69, 9.17) is 0 Å². The van der Waals surface area contributed by atoms with Crippen LogP contribution in [0.4, 0.5) is 0 Å². The molecule has 120 valence electrons. The predicted octanol–water partition coefficient (Wildman–Crippen LogP) is 4.31. The predicted molar refractivity (Wildman–Crippen MR) is 101 cm³/mol. The molecule has 0 amide bonds. The third kappa shape index (κ3) is 4.58. The summed E-state index contributed by atoms with van der Waals surface area (Å²) in [7, 11) is 0. The minimum atomic E-state index is -0.564. The molecular weight excluding hydrogens is 304 g/mol. The van der Waals surface area contributed by atoms with E-state index in [1.807, 2.05) is 66.7 Å². The second kappa shape index (κ2) is 8.50. The van der Waals surface area contributed by atoms with Crippen molar-refractivity contribution < 1.29 is 0 Å². The van der Waals surface area contributed by atoms with E-state index in [0.717, 1.165) is 16.7 Å². The molecule has 0 fully saturated rings. The average molecular weight is 322 g/mol. The summed E-state index contributed by atoms with van der Waals surface area (Å²) in [6, 6.07) is 31.5. The molecule has 0 spiro atoms. The van der Waals surface area contributed by atoms with E-state index in [-0.39, 0.29) is 6.04 Å². The lowest BCUT2D eigenvalue weighted by atomic mass is 9.98. The Hall–Kier alpha value is -3.33. The van der Waals surface area contributed by atoms with Crippen molar-refractivity contribution in [1.29, 1.82) is 5.26 Å². The first kappa shape index (κ1) is 16.5. The number of hydrogen-bond donors (Lipinski definition) is 1. The monoisotopic (exact) mass is 322 g/mol. The number of nitrogens with zero attached hydrogens (tertiary/aromatic N) is 1. The maximum absolute atomic E-state index is 9.53. The van der Waals surface area contributed by atoms with Gasteiger partial charge in [0.05, 0.1) is 12.1 Å². The van der Waals surface area contributed by atoms with Gasteiger partial charge >= 0.3 is 0 Å². The number of hydrogen-bond acceptors (Lipinski definition) is 2. The minimum absolute atomic E-state index is 0.0860. The molecule has 3 aromatic carbocycles. The molecule has 3 aromatic rings. The van der Waals surface area contributed by atoms with Crippen molar-refractivity contribution >= 4 is 0 Å². The summed E-state index contributed by atoms with van der Waals surface area (Å²) in [5, 5.41) is 12.9. The maximum atomic E-state index is 9.53. The lowest BCUT2D eigenvalue weighted by molar-refractivity contribution is 0.608. The van der Waals surface area contributed by atoms with Crippen LogP contribution in [0.5, 0.6) is 0 Å². The quantitative estimate of drug-likeness (QED) is 0.727. The van der Waals surface area contributed by atoms with Crippen LogP contribution < -0.4 is 5.32 Å². The molecule has 1 atom stereocenters. The molecule has 0 aliphatic rings. The van der Waals surface area contributed by atoms with Gasteiger partial charge in [-0.2, -0.15) is 5.26 Å². The zero-order valence-electron chi connectivity index (χ0n) is 13.8. The number of benzene rings is 3. The smallest absolute Gasteiger partial charge is 0.158 e. The summed E-state index contributed by atoms with van der Waals surface area (Å²) in [5.41, 5.74) is 3.12. The Morgan fingerprint density at radius 3 is 1.64 bits per heavy atom. The minimum Gasteiger partial charge on any atom is -0.281 e. The van der Waals surface area contributed by atoms with Crippen molar-refractivity contribution in [3.05, 3.63) is 108 Å². The first-order valence-electron chi connectivity index (χ1n) is 8.19. The van der Waals surface area contributed by atoms with Crippen LogP contribution in [0.1, 0.15) is 22.7 Å². The Morgan fingerprint density at radius 2 is 1.16 bits per heavy atom. The molecule has 3 rings (SSSR count). The van der Waals surface area contributed by atoms with Gasteiger partial charge in [0.25, 0.3) is 0 Å². The van der Waals surface area contributed by atoms with Gasteiger partial charge in [-0.05, 0) is 23.3 Å². The van der Waals surface area contributed by atoms with Crippen LogP contribution in [0.25, 0.3) is 0 Å². The van der Waals surface area contributed by atoms with E-state index in [9.17, 15) is 5.26 Å². The fourth-order valence-corrected chi connectivity index (χ4v) is 2.63. The Bertz CT molecular complexity index is 845. The molecule has 2 nitrogen and oxygen atoms in total. The molecule has 1 unspecified atom stereocenters. The molecule has 0 heterocycles. The van der Waals surface area contributed by atoms with Crippen molar-refractivity contribution in [2.45, 2.75) is 12.1 Å². The van der Waals surface area contributed by atoms with Crippen molar-refractivity contribution in [3.8, 4) is 17.9 Å². The molecule has 1 N–H and O–H groups in total. The Morgan fingerprint density at radius 1 is 0.680 bits per heavy atom. The molecular formula is C23H18N2. The average Bonchev–Trinajstić information content (AvgIpc) is 2.70. The SMILES string of the molecule is N#CC(C#Cc1ccccc1)NC(c1ccccc1)c1ccccc1. The van der Waals surface area contributed by atoms with E-state index >= 15 is 0 Å². The van der Waals surface area contributed by atoms with Gasteiger partial charge in [-0.15, -0.1) is 0 Å². The number of nitriles is 1. The molecule has 25 heavy (non-hydrogen) atoms. The summed E-state index contributed by atoms with van der Waals surface area (Å²) in [6.45, 7) is 0. The second-order valence-corrected chi connectivity index (χ2v) is 5.62. The second-order valence-electron chi connectivity index (χ2n) is 5.62. The first-order chi connectivity index (χ1) is 12.4. The topological polar surface area (TPSA) is 35.8 Å². The zero-order chi connectivity index (χ0) is 17.3. The molecule has 0 aliphatic heterocycles. The van der Waals surface area contributed by atoms with Crippen LogP contribution in [0.15, 0.2) is 91.0 Å². The molecule has 0 saturated heterocycles. The van der Waals surface area contributed by atoms with E-state index in [2.05, 4.69) is 47.5 Å². The molecule has 0 aliphatic carbocycles. The van der Waals surface area contributed by atoms with Crippen molar-refractivity contribution in [2.24, 2.45) is 0 Å². The highest BCUT2D eigenvalue weighted by Crippen LogP contribution is 2.22. The van der Waals surface area contributed by atoms with Gasteiger partial charge in [0.15, 0.2) is 6.04 Å². The molecule has 0 radical (unpaired) electrons. The maximum Gasteiger partial charge on any atom is 0.158 e. The fraction of sp³-hybridized carbons (Fsp3) is 0.0870. The van der Waals surface area contributed by atoms with E-state index in [1.54, 1.807) is 0 Å². The summed E-state index contributed by atoms with van der Waals surface area (Å²) < 4.78 is 0. The summed E-state index contributed by atoms with van der Waals surface area (Å²) in [5.74, 6) is 6.10. The van der Waals surface area contributed by atoms with Crippen LogP contribution >= 0.6 is 0 Å². The van der Waals surface area contributed by atoms with Crippen LogP contribution in [0, 0.1) is 23.2 Å². The van der Waals surface area contributed by atoms with Crippen LogP contribution in [0.2, 0.25) is 0 Å². The summed E-state index contributed by atoms with van der Waals surface area (Å²) in [6.07, 6.45) is 0. The van der Waals surface area contributed by atoms with Crippen molar-refractivity contribution in [2.75, 3.05) is 0 Å². The largest absolute Gasteiger partial charge is 0.281 e. The van der Waals surface area contributed by atoms with Gasteiger partial charge in [-0.25, -0.2) is 0 Å². The van der Waals surface area contributed by atoms with Crippen molar-refractivity contribution in [3.63, 3.8) is 0 Å². The van der Waals surface area contributed by atoms with Crippen LogP contribution in [0.3, 0.4) is 0 Å². The fourth-order valence-electron chi connectivity index (χ4n) is 2.63. The molecule has 0 saturated carbocycles. The third-order valence-electron chi connectivity index (χ3n) is 3.86. The highest BCUT2D eigenvalue weighted by Gasteiger charge is 2.17. The normalized spacial score (nSPS) is 11.2. The van der Waals surface area contributed by atoms with E-state index < -0.39 is 6.04 Å². The molecule has 2 heteroatoms. The van der Waals surface area contributed by atoms with Crippen LogP contribution in [-0.2, 0) is 0 Å². The molecule has 0 bridgehead atoms. The van der Waals surface area contributed by atoms with Gasteiger partial charge in [-0.3, -0.25) is 5.32 Å². The Balaban J connectivity index is 1.87. The van der Waals surface area contributed by atoms with E-state index in [0.29, 0.717) is 0 Å². The third-order valence-corrected chi connectivity index (χ3v) is 3.86. The zero-order valence-corrected chi connectivity index (χ0v) is 13.8. The summed E-state index contributed by atoms with van der Waals surface area (Å²) >= 11 is 0. The van der Waals surface area contributed by atoms with Gasteiger partial charge < -0.3 is 0 Å². The van der Waals surface area contributed by atoms with Gasteiger partial charge in [0.2, 0.25) is 0 Å². The highest BCUT2D eigenvalue weighted by atomic mass is 14.9. The van der Waals surface area contributed by atoms with Gasteiger partial charge in [0, 0.05) is 5.56 Å². The molecule has 0 aromatic heterocycles. The van der Waals surface area contributed by atoms with E-state index in [1.165, 1.54) is 0 Å². The number of nitrogens with one attached hydrogen (secondary N) is 1. The Labute approximate surface area is 148 Å². The Kier molecular flexibility index (Phi) is 5.62.